The maximum atomic E-state index is 5.06. The lowest BCUT2D eigenvalue weighted by atomic mass is 10.4. The van der Waals surface area contributed by atoms with E-state index in [9.17, 15) is 0 Å². The molecular weight excluding hydrogens is 224 g/mol. The van der Waals surface area contributed by atoms with Crippen molar-refractivity contribution in [2.45, 2.75) is 10.9 Å². The molecule has 0 saturated heterocycles. The zero-order chi connectivity index (χ0) is 11.4. The standard InChI is InChI=1S/C10H12N4OS/c1-14-7-11-13-10(14)16-6-8-4-3-5-9(12-8)15-2/h3-5,7H,6H2,1-2H3. The number of methoxy groups -OCH3 is 1. The van der Waals surface area contributed by atoms with E-state index in [4.69, 9.17) is 4.74 Å². The highest BCUT2D eigenvalue weighted by Gasteiger charge is 2.03. The Labute approximate surface area is 97.9 Å². The molecule has 0 atom stereocenters. The summed E-state index contributed by atoms with van der Waals surface area (Å²) in [5.41, 5.74) is 0.965. The lowest BCUT2D eigenvalue weighted by Gasteiger charge is -2.02. The SMILES string of the molecule is COc1cccc(CSc2nncn2C)n1. The summed E-state index contributed by atoms with van der Waals surface area (Å²) in [6, 6.07) is 5.72. The van der Waals surface area contributed by atoms with Crippen LogP contribution in [0.5, 0.6) is 5.88 Å². The zero-order valence-corrected chi connectivity index (χ0v) is 9.94. The Hall–Kier alpha value is -1.56. The molecule has 0 saturated carbocycles. The second-order valence-corrected chi connectivity index (χ2v) is 4.13. The molecular formula is C10H12N4OS. The zero-order valence-electron chi connectivity index (χ0n) is 9.12. The molecule has 6 heteroatoms. The number of ether oxygens (including phenoxy) is 1. The van der Waals surface area contributed by atoms with Crippen LogP contribution in [0.25, 0.3) is 0 Å². The molecule has 0 N–H and O–H groups in total. The molecule has 0 radical (unpaired) electrons. The highest BCUT2D eigenvalue weighted by molar-refractivity contribution is 7.98. The van der Waals surface area contributed by atoms with E-state index in [0.29, 0.717) is 5.88 Å². The van der Waals surface area contributed by atoms with Gasteiger partial charge < -0.3 is 9.30 Å². The fourth-order valence-electron chi connectivity index (χ4n) is 1.19. The number of aromatic nitrogens is 4. The van der Waals surface area contributed by atoms with Gasteiger partial charge in [-0.1, -0.05) is 17.8 Å². The van der Waals surface area contributed by atoms with E-state index in [0.717, 1.165) is 16.6 Å². The summed E-state index contributed by atoms with van der Waals surface area (Å²) in [6.07, 6.45) is 1.68. The first-order valence-electron chi connectivity index (χ1n) is 4.76. The minimum absolute atomic E-state index is 0.635. The van der Waals surface area contributed by atoms with Crippen LogP contribution in [0.1, 0.15) is 5.69 Å². The largest absolute Gasteiger partial charge is 0.481 e. The summed E-state index contributed by atoms with van der Waals surface area (Å²) in [7, 11) is 3.53. The molecule has 0 spiro atoms. The lowest BCUT2D eigenvalue weighted by molar-refractivity contribution is 0.397. The average Bonchev–Trinajstić information content (AvgIpc) is 2.72. The Balaban J connectivity index is 2.02. The van der Waals surface area contributed by atoms with Crippen LogP contribution in [0.4, 0.5) is 0 Å². The number of hydrogen-bond acceptors (Lipinski definition) is 5. The van der Waals surface area contributed by atoms with Crippen LogP contribution in [0.2, 0.25) is 0 Å². The first-order valence-corrected chi connectivity index (χ1v) is 5.75. The molecule has 0 amide bonds. The highest BCUT2D eigenvalue weighted by Crippen LogP contribution is 2.19. The number of thioether (sulfide) groups is 1. The molecule has 0 unspecified atom stereocenters. The molecule has 2 heterocycles. The third-order valence-electron chi connectivity index (χ3n) is 2.01. The van der Waals surface area contributed by atoms with Crippen molar-refractivity contribution in [1.29, 1.82) is 0 Å². The summed E-state index contributed by atoms with van der Waals surface area (Å²) in [5, 5.41) is 8.68. The number of aryl methyl sites for hydroxylation is 1. The van der Waals surface area contributed by atoms with Crippen molar-refractivity contribution >= 4 is 11.8 Å². The summed E-state index contributed by atoms with van der Waals surface area (Å²) < 4.78 is 6.94. The van der Waals surface area contributed by atoms with E-state index in [1.807, 2.05) is 29.8 Å². The molecule has 16 heavy (non-hydrogen) atoms. The lowest BCUT2D eigenvalue weighted by Crippen LogP contribution is -1.93. The molecule has 2 aromatic rings. The molecule has 5 nitrogen and oxygen atoms in total. The first kappa shape index (κ1) is 10.9. The molecule has 0 aliphatic rings. The van der Waals surface area contributed by atoms with Gasteiger partial charge in [0.25, 0.3) is 0 Å². The maximum absolute atomic E-state index is 5.06. The van der Waals surface area contributed by atoms with E-state index in [2.05, 4.69) is 15.2 Å². The number of rotatable bonds is 4. The third kappa shape index (κ3) is 2.52. The molecule has 0 aromatic carbocycles. The van der Waals surface area contributed by atoms with Crippen LogP contribution in [0, 0.1) is 0 Å². The van der Waals surface area contributed by atoms with Gasteiger partial charge >= 0.3 is 0 Å². The van der Waals surface area contributed by atoms with Gasteiger partial charge in [-0.25, -0.2) is 4.98 Å². The highest BCUT2D eigenvalue weighted by atomic mass is 32.2. The van der Waals surface area contributed by atoms with Crippen molar-refractivity contribution in [2.75, 3.05) is 7.11 Å². The number of hydrogen-bond donors (Lipinski definition) is 0. The Morgan fingerprint density at radius 1 is 1.44 bits per heavy atom. The van der Waals surface area contributed by atoms with Crippen LogP contribution >= 0.6 is 11.8 Å². The summed E-state index contributed by atoms with van der Waals surface area (Å²) in [6.45, 7) is 0. The van der Waals surface area contributed by atoms with Crippen LogP contribution in [-0.2, 0) is 12.8 Å². The van der Waals surface area contributed by atoms with E-state index < -0.39 is 0 Å². The Kier molecular flexibility index (Phi) is 3.40. The predicted octanol–water partition coefficient (Wildman–Crippen LogP) is 1.51. The fraction of sp³-hybridized carbons (Fsp3) is 0.300. The van der Waals surface area contributed by atoms with Crippen molar-refractivity contribution in [3.05, 3.63) is 30.2 Å². The van der Waals surface area contributed by atoms with E-state index in [-0.39, 0.29) is 0 Å². The van der Waals surface area contributed by atoms with Gasteiger partial charge in [0.2, 0.25) is 5.88 Å². The van der Waals surface area contributed by atoms with E-state index in [1.165, 1.54) is 0 Å². The van der Waals surface area contributed by atoms with Crippen molar-refractivity contribution in [3.8, 4) is 5.88 Å². The van der Waals surface area contributed by atoms with Gasteiger partial charge in [-0.2, -0.15) is 0 Å². The first-order chi connectivity index (χ1) is 7.79. The van der Waals surface area contributed by atoms with Gasteiger partial charge in [-0.15, -0.1) is 10.2 Å². The van der Waals surface area contributed by atoms with Crippen molar-refractivity contribution in [2.24, 2.45) is 7.05 Å². The minimum Gasteiger partial charge on any atom is -0.481 e. The quantitative estimate of drug-likeness (QED) is 0.753. The van der Waals surface area contributed by atoms with Crippen molar-refractivity contribution in [3.63, 3.8) is 0 Å². The monoisotopic (exact) mass is 236 g/mol. The van der Waals surface area contributed by atoms with Gasteiger partial charge in [0.05, 0.1) is 12.8 Å². The molecule has 0 aliphatic carbocycles. The third-order valence-corrected chi connectivity index (χ3v) is 3.08. The molecule has 0 bridgehead atoms. The molecule has 2 aromatic heterocycles. The Morgan fingerprint density at radius 3 is 3.00 bits per heavy atom. The Morgan fingerprint density at radius 2 is 2.31 bits per heavy atom. The smallest absolute Gasteiger partial charge is 0.213 e. The second-order valence-electron chi connectivity index (χ2n) is 3.18. The van der Waals surface area contributed by atoms with Crippen LogP contribution in [0.15, 0.2) is 29.7 Å². The van der Waals surface area contributed by atoms with Gasteiger partial charge in [0.1, 0.15) is 6.33 Å². The second kappa shape index (κ2) is 4.98. The topological polar surface area (TPSA) is 52.8 Å². The minimum atomic E-state index is 0.635. The van der Waals surface area contributed by atoms with Gasteiger partial charge in [-0.05, 0) is 6.07 Å². The molecule has 84 valence electrons. The van der Waals surface area contributed by atoms with Crippen molar-refractivity contribution in [1.82, 2.24) is 19.7 Å². The molecule has 0 fully saturated rings. The number of nitrogens with zero attached hydrogens (tertiary/aromatic N) is 4. The summed E-state index contributed by atoms with van der Waals surface area (Å²) >= 11 is 1.60. The summed E-state index contributed by atoms with van der Waals surface area (Å²) in [4.78, 5) is 4.32. The predicted molar refractivity (Wildman–Crippen MR) is 61.4 cm³/mol. The Bertz CT molecular complexity index is 471. The molecule has 0 aliphatic heterocycles. The maximum Gasteiger partial charge on any atom is 0.213 e. The summed E-state index contributed by atoms with van der Waals surface area (Å²) in [5.74, 6) is 1.39. The average molecular weight is 236 g/mol. The number of pyridine rings is 1. The molecule has 2 rings (SSSR count). The van der Waals surface area contributed by atoms with Crippen LogP contribution < -0.4 is 4.74 Å². The normalized spacial score (nSPS) is 10.4. The van der Waals surface area contributed by atoms with E-state index in [1.54, 1.807) is 25.2 Å². The van der Waals surface area contributed by atoms with Crippen LogP contribution in [-0.4, -0.2) is 26.9 Å². The van der Waals surface area contributed by atoms with E-state index >= 15 is 0 Å². The van der Waals surface area contributed by atoms with Gasteiger partial charge in [0, 0.05) is 18.9 Å². The van der Waals surface area contributed by atoms with Gasteiger partial charge in [0.15, 0.2) is 5.16 Å². The van der Waals surface area contributed by atoms with Gasteiger partial charge in [-0.3, -0.25) is 0 Å². The fourth-order valence-corrected chi connectivity index (χ4v) is 1.99. The van der Waals surface area contributed by atoms with Crippen LogP contribution in [0.3, 0.4) is 0 Å². The van der Waals surface area contributed by atoms with Crippen molar-refractivity contribution < 1.29 is 4.74 Å².